The molecule has 0 saturated heterocycles. The predicted molar refractivity (Wildman–Crippen MR) is 87.5 cm³/mol. The van der Waals surface area contributed by atoms with Crippen molar-refractivity contribution < 1.29 is 9.47 Å². The standard InChI is InChI=1S/C16H12Cl2N2O2/c1-21-9-22-12-7-6-10-4-2-3-5-11(10)14(12)15-16(18)20-13(17)8-19-15/h2-8H,9H2,1H3. The molecule has 6 heteroatoms. The number of halogens is 2. The van der Waals surface area contributed by atoms with Crippen molar-refractivity contribution in [1.29, 1.82) is 0 Å². The summed E-state index contributed by atoms with van der Waals surface area (Å²) in [5, 5.41) is 2.49. The monoisotopic (exact) mass is 334 g/mol. The van der Waals surface area contributed by atoms with Crippen molar-refractivity contribution in [3.05, 3.63) is 52.9 Å². The fourth-order valence-corrected chi connectivity index (χ4v) is 2.66. The Hall–Kier alpha value is -1.88. The first-order valence-electron chi connectivity index (χ1n) is 6.52. The summed E-state index contributed by atoms with van der Waals surface area (Å²) in [7, 11) is 1.57. The number of nitrogens with zero attached hydrogens (tertiary/aromatic N) is 2. The molecule has 0 aliphatic carbocycles. The number of rotatable bonds is 4. The topological polar surface area (TPSA) is 44.2 Å². The lowest BCUT2D eigenvalue weighted by atomic mass is 10.0. The number of ether oxygens (including phenoxy) is 2. The number of aromatic nitrogens is 2. The van der Waals surface area contributed by atoms with E-state index in [2.05, 4.69) is 9.97 Å². The van der Waals surface area contributed by atoms with Gasteiger partial charge in [0.1, 0.15) is 16.6 Å². The van der Waals surface area contributed by atoms with Gasteiger partial charge in [-0.15, -0.1) is 0 Å². The van der Waals surface area contributed by atoms with Gasteiger partial charge in [0.2, 0.25) is 0 Å². The zero-order valence-electron chi connectivity index (χ0n) is 11.7. The first-order valence-corrected chi connectivity index (χ1v) is 7.28. The van der Waals surface area contributed by atoms with Crippen molar-refractivity contribution in [2.75, 3.05) is 13.9 Å². The Kier molecular flexibility index (Phi) is 4.43. The minimum Gasteiger partial charge on any atom is -0.467 e. The van der Waals surface area contributed by atoms with E-state index in [1.165, 1.54) is 6.20 Å². The van der Waals surface area contributed by atoms with Crippen molar-refractivity contribution in [1.82, 2.24) is 9.97 Å². The number of fused-ring (bicyclic) bond motifs is 1. The van der Waals surface area contributed by atoms with E-state index in [-0.39, 0.29) is 17.1 Å². The molecule has 1 heterocycles. The molecule has 0 amide bonds. The first kappa shape index (κ1) is 15.0. The fraction of sp³-hybridized carbons (Fsp3) is 0.125. The average Bonchev–Trinajstić information content (AvgIpc) is 2.53. The van der Waals surface area contributed by atoms with Gasteiger partial charge < -0.3 is 9.47 Å². The van der Waals surface area contributed by atoms with Crippen LogP contribution in [0.4, 0.5) is 0 Å². The molecule has 0 fully saturated rings. The second-order valence-electron chi connectivity index (χ2n) is 4.54. The molecule has 3 rings (SSSR count). The summed E-state index contributed by atoms with van der Waals surface area (Å²) in [6.45, 7) is 0.129. The van der Waals surface area contributed by atoms with Crippen LogP contribution in [0.2, 0.25) is 10.3 Å². The average molecular weight is 335 g/mol. The third-order valence-electron chi connectivity index (χ3n) is 3.16. The summed E-state index contributed by atoms with van der Waals surface area (Å²) >= 11 is 12.1. The summed E-state index contributed by atoms with van der Waals surface area (Å²) in [6.07, 6.45) is 1.46. The van der Waals surface area contributed by atoms with Crippen molar-refractivity contribution in [2.45, 2.75) is 0 Å². The number of benzene rings is 2. The van der Waals surface area contributed by atoms with Crippen LogP contribution in [0.25, 0.3) is 22.0 Å². The third kappa shape index (κ3) is 2.86. The van der Waals surface area contributed by atoms with Gasteiger partial charge in [0.05, 0.1) is 11.8 Å². The normalized spacial score (nSPS) is 10.9. The lowest BCUT2D eigenvalue weighted by Crippen LogP contribution is -2.01. The highest BCUT2D eigenvalue weighted by atomic mass is 35.5. The van der Waals surface area contributed by atoms with Gasteiger partial charge in [-0.3, -0.25) is 0 Å². The second-order valence-corrected chi connectivity index (χ2v) is 5.29. The zero-order valence-corrected chi connectivity index (χ0v) is 13.2. The minimum atomic E-state index is 0.129. The van der Waals surface area contributed by atoms with Gasteiger partial charge in [-0.2, -0.15) is 0 Å². The maximum Gasteiger partial charge on any atom is 0.188 e. The number of methoxy groups -OCH3 is 1. The van der Waals surface area contributed by atoms with Crippen LogP contribution in [0, 0.1) is 0 Å². The molecular weight excluding hydrogens is 323 g/mol. The van der Waals surface area contributed by atoms with Crippen molar-refractivity contribution >= 4 is 34.0 Å². The van der Waals surface area contributed by atoms with Crippen LogP contribution >= 0.6 is 23.2 Å². The number of hydrogen-bond donors (Lipinski definition) is 0. The molecule has 0 atom stereocenters. The summed E-state index contributed by atoms with van der Waals surface area (Å²) in [5.41, 5.74) is 1.29. The van der Waals surface area contributed by atoms with Crippen molar-refractivity contribution in [3.8, 4) is 17.0 Å². The van der Waals surface area contributed by atoms with Crippen LogP contribution in [0.5, 0.6) is 5.75 Å². The van der Waals surface area contributed by atoms with Crippen LogP contribution in [-0.2, 0) is 4.74 Å². The Morgan fingerprint density at radius 2 is 1.91 bits per heavy atom. The molecule has 1 aromatic heterocycles. The van der Waals surface area contributed by atoms with Gasteiger partial charge in [-0.1, -0.05) is 53.5 Å². The van der Waals surface area contributed by atoms with E-state index in [1.54, 1.807) is 7.11 Å². The molecule has 0 radical (unpaired) electrons. The quantitative estimate of drug-likeness (QED) is 0.654. The van der Waals surface area contributed by atoms with Gasteiger partial charge >= 0.3 is 0 Å². The highest BCUT2D eigenvalue weighted by molar-refractivity contribution is 6.34. The van der Waals surface area contributed by atoms with Gasteiger partial charge in [0, 0.05) is 7.11 Å². The Balaban J connectivity index is 2.27. The van der Waals surface area contributed by atoms with E-state index < -0.39 is 0 Å². The molecular formula is C16H12Cl2N2O2. The molecule has 0 aliphatic rings. The molecule has 2 aromatic carbocycles. The molecule has 0 unspecified atom stereocenters. The number of hydrogen-bond acceptors (Lipinski definition) is 4. The van der Waals surface area contributed by atoms with E-state index in [0.29, 0.717) is 11.4 Å². The molecule has 0 saturated carbocycles. The van der Waals surface area contributed by atoms with E-state index >= 15 is 0 Å². The summed E-state index contributed by atoms with van der Waals surface area (Å²) < 4.78 is 10.6. The molecule has 3 aromatic rings. The largest absolute Gasteiger partial charge is 0.467 e. The summed E-state index contributed by atoms with van der Waals surface area (Å²) in [4.78, 5) is 8.38. The van der Waals surface area contributed by atoms with Crippen LogP contribution in [0.15, 0.2) is 42.6 Å². The van der Waals surface area contributed by atoms with E-state index in [4.69, 9.17) is 32.7 Å². The SMILES string of the molecule is COCOc1ccc2ccccc2c1-c1ncc(Cl)nc1Cl. The highest BCUT2D eigenvalue weighted by Gasteiger charge is 2.16. The smallest absolute Gasteiger partial charge is 0.188 e. The van der Waals surface area contributed by atoms with Gasteiger partial charge in [0.15, 0.2) is 11.9 Å². The van der Waals surface area contributed by atoms with E-state index in [1.807, 2.05) is 36.4 Å². The Labute approximate surface area is 137 Å². The second kappa shape index (κ2) is 6.48. The zero-order chi connectivity index (χ0) is 15.5. The maximum absolute atomic E-state index is 6.23. The maximum atomic E-state index is 6.23. The van der Waals surface area contributed by atoms with Gasteiger partial charge in [-0.05, 0) is 16.8 Å². The highest BCUT2D eigenvalue weighted by Crippen LogP contribution is 2.38. The Bertz CT molecular complexity index is 824. The minimum absolute atomic E-state index is 0.129. The van der Waals surface area contributed by atoms with Gasteiger partial charge in [-0.25, -0.2) is 9.97 Å². The molecule has 0 N–H and O–H groups in total. The lowest BCUT2D eigenvalue weighted by molar-refractivity contribution is 0.0516. The Morgan fingerprint density at radius 1 is 1.09 bits per heavy atom. The molecule has 0 bridgehead atoms. The van der Waals surface area contributed by atoms with Crippen LogP contribution in [0.1, 0.15) is 0 Å². The lowest BCUT2D eigenvalue weighted by Gasteiger charge is -2.14. The summed E-state index contributed by atoms with van der Waals surface area (Å²) in [6, 6.07) is 11.7. The molecule has 0 aliphatic heterocycles. The van der Waals surface area contributed by atoms with E-state index in [0.717, 1.165) is 16.3 Å². The predicted octanol–water partition coefficient (Wildman–Crippen LogP) is 4.59. The fourth-order valence-electron chi connectivity index (χ4n) is 2.25. The summed E-state index contributed by atoms with van der Waals surface area (Å²) in [5.74, 6) is 0.624. The molecule has 0 spiro atoms. The van der Waals surface area contributed by atoms with Crippen LogP contribution in [0.3, 0.4) is 0 Å². The third-order valence-corrected chi connectivity index (χ3v) is 3.61. The Morgan fingerprint density at radius 3 is 2.68 bits per heavy atom. The molecule has 22 heavy (non-hydrogen) atoms. The van der Waals surface area contributed by atoms with Crippen LogP contribution < -0.4 is 4.74 Å². The van der Waals surface area contributed by atoms with Crippen LogP contribution in [-0.4, -0.2) is 23.9 Å². The van der Waals surface area contributed by atoms with Crippen molar-refractivity contribution in [2.24, 2.45) is 0 Å². The first-order chi connectivity index (χ1) is 10.7. The van der Waals surface area contributed by atoms with E-state index in [9.17, 15) is 0 Å². The molecule has 4 nitrogen and oxygen atoms in total. The molecule has 112 valence electrons. The van der Waals surface area contributed by atoms with Crippen molar-refractivity contribution in [3.63, 3.8) is 0 Å². The van der Waals surface area contributed by atoms with Gasteiger partial charge in [0.25, 0.3) is 0 Å².